The lowest BCUT2D eigenvalue weighted by Gasteiger charge is -2.10. The van der Waals surface area contributed by atoms with Gasteiger partial charge < -0.3 is 5.32 Å². The molecule has 150 valence electrons. The zero-order valence-corrected chi connectivity index (χ0v) is 18.4. The van der Waals surface area contributed by atoms with Gasteiger partial charge in [0.2, 0.25) is 5.91 Å². The normalized spacial score (nSPS) is 10.8. The molecule has 0 saturated carbocycles. The zero-order valence-electron chi connectivity index (χ0n) is 16.1. The minimum atomic E-state index is -0.113. The number of nitrogens with zero attached hydrogens (tertiary/aromatic N) is 3. The van der Waals surface area contributed by atoms with Gasteiger partial charge in [-0.25, -0.2) is 0 Å². The van der Waals surface area contributed by atoms with Crippen molar-refractivity contribution in [1.82, 2.24) is 14.8 Å². The third-order valence-corrected chi connectivity index (χ3v) is 5.84. The second kappa shape index (κ2) is 9.48. The summed E-state index contributed by atoms with van der Waals surface area (Å²) in [6.07, 6.45) is 1.75. The number of aromatic nitrogens is 3. The van der Waals surface area contributed by atoms with Crippen molar-refractivity contribution in [3.05, 3.63) is 70.2 Å². The molecule has 0 unspecified atom stereocenters. The van der Waals surface area contributed by atoms with Gasteiger partial charge in [-0.3, -0.25) is 9.36 Å². The van der Waals surface area contributed by atoms with Crippen LogP contribution >= 0.6 is 35.0 Å². The van der Waals surface area contributed by atoms with E-state index in [0.29, 0.717) is 27.6 Å². The average molecular weight is 447 g/mol. The molecule has 3 rings (SSSR count). The highest BCUT2D eigenvalue weighted by molar-refractivity contribution is 7.99. The van der Waals surface area contributed by atoms with E-state index in [0.717, 1.165) is 16.8 Å². The van der Waals surface area contributed by atoms with Crippen molar-refractivity contribution in [2.45, 2.75) is 25.5 Å². The molecule has 0 aliphatic carbocycles. The lowest BCUT2D eigenvalue weighted by molar-refractivity contribution is -0.113. The zero-order chi connectivity index (χ0) is 21.0. The van der Waals surface area contributed by atoms with Crippen LogP contribution in [0, 0.1) is 13.8 Å². The number of aryl methyl sites for hydroxylation is 2. The van der Waals surface area contributed by atoms with Crippen LogP contribution < -0.4 is 5.32 Å². The Kier molecular flexibility index (Phi) is 7.00. The van der Waals surface area contributed by atoms with Gasteiger partial charge in [-0.2, -0.15) is 0 Å². The van der Waals surface area contributed by atoms with Crippen LogP contribution in [0.2, 0.25) is 10.0 Å². The molecule has 1 aromatic heterocycles. The summed E-state index contributed by atoms with van der Waals surface area (Å²) in [4.78, 5) is 12.4. The summed E-state index contributed by atoms with van der Waals surface area (Å²) in [5.41, 5.74) is 3.81. The number of allylic oxidation sites excluding steroid dienone is 1. The van der Waals surface area contributed by atoms with Crippen LogP contribution in [0.1, 0.15) is 11.1 Å². The van der Waals surface area contributed by atoms with E-state index < -0.39 is 0 Å². The first-order valence-corrected chi connectivity index (χ1v) is 10.6. The molecule has 0 radical (unpaired) electrons. The van der Waals surface area contributed by atoms with Gasteiger partial charge in [0, 0.05) is 22.8 Å². The Hall–Kier alpha value is -2.28. The first kappa shape index (κ1) is 21.4. The number of amides is 1. The largest absolute Gasteiger partial charge is 0.325 e. The van der Waals surface area contributed by atoms with Gasteiger partial charge in [0.25, 0.3) is 0 Å². The van der Waals surface area contributed by atoms with E-state index in [9.17, 15) is 4.79 Å². The SMILES string of the molecule is C=CCn1c(SCC(=O)Nc2ccc(C)c(C)c2)nnc1-c1ccc(Cl)cc1Cl. The van der Waals surface area contributed by atoms with E-state index in [4.69, 9.17) is 23.2 Å². The van der Waals surface area contributed by atoms with Crippen LogP contribution in [0.25, 0.3) is 11.4 Å². The monoisotopic (exact) mass is 446 g/mol. The molecule has 5 nitrogen and oxygen atoms in total. The molecule has 0 aliphatic heterocycles. The van der Waals surface area contributed by atoms with Crippen LogP contribution in [-0.2, 0) is 11.3 Å². The summed E-state index contributed by atoms with van der Waals surface area (Å²) in [7, 11) is 0. The third-order valence-electron chi connectivity index (χ3n) is 4.32. The molecule has 0 fully saturated rings. The number of hydrogen-bond donors (Lipinski definition) is 1. The lowest BCUT2D eigenvalue weighted by atomic mass is 10.1. The van der Waals surface area contributed by atoms with Gasteiger partial charge in [-0.1, -0.05) is 47.1 Å². The summed E-state index contributed by atoms with van der Waals surface area (Å²) in [6, 6.07) is 11.1. The fourth-order valence-corrected chi connectivity index (χ4v) is 3.95. The molecule has 0 aliphatic rings. The highest BCUT2D eigenvalue weighted by Crippen LogP contribution is 2.31. The number of benzene rings is 2. The van der Waals surface area contributed by atoms with Gasteiger partial charge >= 0.3 is 0 Å². The van der Waals surface area contributed by atoms with Crippen molar-refractivity contribution in [3.63, 3.8) is 0 Å². The van der Waals surface area contributed by atoms with E-state index in [1.54, 1.807) is 24.3 Å². The highest BCUT2D eigenvalue weighted by atomic mass is 35.5. The number of hydrogen-bond acceptors (Lipinski definition) is 4. The van der Waals surface area contributed by atoms with E-state index >= 15 is 0 Å². The molecule has 0 atom stereocenters. The fourth-order valence-electron chi connectivity index (χ4n) is 2.71. The third kappa shape index (κ3) is 5.21. The predicted octanol–water partition coefficient (Wildman–Crippen LogP) is 5.79. The van der Waals surface area contributed by atoms with Crippen LogP contribution in [0.4, 0.5) is 5.69 Å². The van der Waals surface area contributed by atoms with Crippen LogP contribution in [0.5, 0.6) is 0 Å². The fraction of sp³-hybridized carbons (Fsp3) is 0.190. The van der Waals surface area contributed by atoms with Gasteiger partial charge in [0.15, 0.2) is 11.0 Å². The summed E-state index contributed by atoms with van der Waals surface area (Å²) in [5.74, 6) is 0.692. The Morgan fingerprint density at radius 3 is 2.66 bits per heavy atom. The first-order chi connectivity index (χ1) is 13.9. The van der Waals surface area contributed by atoms with Crippen molar-refractivity contribution in [3.8, 4) is 11.4 Å². The van der Waals surface area contributed by atoms with E-state index in [2.05, 4.69) is 22.1 Å². The summed E-state index contributed by atoms with van der Waals surface area (Å²) < 4.78 is 1.87. The number of thioether (sulfide) groups is 1. The maximum atomic E-state index is 12.4. The van der Waals surface area contributed by atoms with Crippen LogP contribution in [0.15, 0.2) is 54.2 Å². The minimum absolute atomic E-state index is 0.113. The van der Waals surface area contributed by atoms with Crippen molar-refractivity contribution < 1.29 is 4.79 Å². The van der Waals surface area contributed by atoms with E-state index in [1.807, 2.05) is 36.6 Å². The average Bonchev–Trinajstić information content (AvgIpc) is 3.06. The second-order valence-electron chi connectivity index (χ2n) is 6.47. The Labute approximate surface area is 184 Å². The molecule has 3 aromatic rings. The van der Waals surface area contributed by atoms with Crippen molar-refractivity contribution in [2.24, 2.45) is 0 Å². The van der Waals surface area contributed by atoms with Gasteiger partial charge in [-0.05, 0) is 55.3 Å². The molecular weight excluding hydrogens is 427 g/mol. The number of halogens is 2. The van der Waals surface area contributed by atoms with Crippen molar-refractivity contribution >= 4 is 46.6 Å². The predicted molar refractivity (Wildman–Crippen MR) is 121 cm³/mol. The van der Waals surface area contributed by atoms with Gasteiger partial charge in [-0.15, -0.1) is 16.8 Å². The maximum absolute atomic E-state index is 12.4. The summed E-state index contributed by atoms with van der Waals surface area (Å²) in [5, 5.41) is 13.1. The topological polar surface area (TPSA) is 59.8 Å². The molecular formula is C21H20Cl2N4OS. The standard InChI is InChI=1S/C21H20Cl2N4OS/c1-4-9-27-20(17-8-6-15(22)11-18(17)23)25-26-21(27)29-12-19(28)24-16-7-5-13(2)14(3)10-16/h4-8,10-11H,1,9,12H2,2-3H3,(H,24,28). The Bertz CT molecular complexity index is 1060. The first-order valence-electron chi connectivity index (χ1n) is 8.88. The number of anilines is 1. The van der Waals surface area contributed by atoms with Gasteiger partial charge in [0.05, 0.1) is 10.8 Å². The maximum Gasteiger partial charge on any atom is 0.234 e. The number of rotatable bonds is 7. The van der Waals surface area contributed by atoms with E-state index in [1.165, 1.54) is 17.3 Å². The number of carbonyl (C=O) groups excluding carboxylic acids is 1. The van der Waals surface area contributed by atoms with Gasteiger partial charge in [0.1, 0.15) is 0 Å². The molecule has 0 bridgehead atoms. The Morgan fingerprint density at radius 1 is 1.17 bits per heavy atom. The highest BCUT2D eigenvalue weighted by Gasteiger charge is 2.17. The number of carbonyl (C=O) groups is 1. The van der Waals surface area contributed by atoms with Crippen LogP contribution in [-0.4, -0.2) is 26.4 Å². The molecule has 0 saturated heterocycles. The smallest absolute Gasteiger partial charge is 0.234 e. The molecule has 8 heteroatoms. The lowest BCUT2D eigenvalue weighted by Crippen LogP contribution is -2.14. The molecule has 0 spiro atoms. The number of nitrogens with one attached hydrogen (secondary N) is 1. The minimum Gasteiger partial charge on any atom is -0.325 e. The molecule has 1 N–H and O–H groups in total. The quantitative estimate of drug-likeness (QED) is 0.368. The Balaban J connectivity index is 1.75. The molecule has 29 heavy (non-hydrogen) atoms. The van der Waals surface area contributed by atoms with Crippen molar-refractivity contribution in [1.29, 1.82) is 0 Å². The summed E-state index contributed by atoms with van der Waals surface area (Å²) >= 11 is 13.6. The second-order valence-corrected chi connectivity index (χ2v) is 8.25. The summed E-state index contributed by atoms with van der Waals surface area (Å²) in [6.45, 7) is 8.33. The molecule has 1 amide bonds. The molecule has 2 aromatic carbocycles. The van der Waals surface area contributed by atoms with Crippen LogP contribution in [0.3, 0.4) is 0 Å². The van der Waals surface area contributed by atoms with Crippen molar-refractivity contribution in [2.75, 3.05) is 11.1 Å². The van der Waals surface area contributed by atoms with E-state index in [-0.39, 0.29) is 11.7 Å². The Morgan fingerprint density at radius 2 is 1.97 bits per heavy atom. The molecule has 1 heterocycles.